The lowest BCUT2D eigenvalue weighted by Gasteiger charge is -2.33. The van der Waals surface area contributed by atoms with Crippen LogP contribution in [0, 0.1) is 0 Å². The lowest BCUT2D eigenvalue weighted by Crippen LogP contribution is -2.51. The summed E-state index contributed by atoms with van der Waals surface area (Å²) in [5.74, 6) is 0. The SMILES string of the molecule is OC[C@@]12CCOC([C@H](O)O1)[C@H]2O. The van der Waals surface area contributed by atoms with Crippen LogP contribution in [0.25, 0.3) is 0 Å². The van der Waals surface area contributed by atoms with Crippen LogP contribution in [0.15, 0.2) is 0 Å². The molecule has 0 aromatic rings. The van der Waals surface area contributed by atoms with Crippen LogP contribution in [0.4, 0.5) is 0 Å². The molecule has 3 N–H and O–H groups in total. The van der Waals surface area contributed by atoms with Gasteiger partial charge in [0.25, 0.3) is 0 Å². The number of rotatable bonds is 1. The normalized spacial score (nSPS) is 52.8. The van der Waals surface area contributed by atoms with Crippen LogP contribution in [-0.4, -0.2) is 52.6 Å². The van der Waals surface area contributed by atoms with Crippen molar-refractivity contribution in [2.45, 2.75) is 30.5 Å². The van der Waals surface area contributed by atoms with E-state index in [2.05, 4.69) is 0 Å². The molecule has 5 heteroatoms. The molecule has 2 aliphatic heterocycles. The Morgan fingerprint density at radius 1 is 1.42 bits per heavy atom. The highest BCUT2D eigenvalue weighted by atomic mass is 16.7. The zero-order valence-electron chi connectivity index (χ0n) is 6.51. The summed E-state index contributed by atoms with van der Waals surface area (Å²) >= 11 is 0. The van der Waals surface area contributed by atoms with E-state index in [9.17, 15) is 10.2 Å². The van der Waals surface area contributed by atoms with E-state index in [1.807, 2.05) is 0 Å². The Balaban J connectivity index is 2.24. The lowest BCUT2D eigenvalue weighted by atomic mass is 9.91. The van der Waals surface area contributed by atoms with Gasteiger partial charge >= 0.3 is 0 Å². The van der Waals surface area contributed by atoms with E-state index in [1.54, 1.807) is 0 Å². The molecule has 2 bridgehead atoms. The molecule has 0 spiro atoms. The van der Waals surface area contributed by atoms with E-state index in [0.29, 0.717) is 13.0 Å². The molecule has 0 saturated carbocycles. The van der Waals surface area contributed by atoms with Crippen molar-refractivity contribution in [3.63, 3.8) is 0 Å². The molecule has 2 aliphatic rings. The highest BCUT2D eigenvalue weighted by molar-refractivity contribution is 5.02. The van der Waals surface area contributed by atoms with E-state index >= 15 is 0 Å². The van der Waals surface area contributed by atoms with Gasteiger partial charge in [-0.15, -0.1) is 0 Å². The van der Waals surface area contributed by atoms with E-state index < -0.39 is 24.1 Å². The number of hydrogen-bond donors (Lipinski definition) is 3. The third-order valence-electron chi connectivity index (χ3n) is 2.59. The summed E-state index contributed by atoms with van der Waals surface area (Å²) in [6.07, 6.45) is -2.33. The minimum absolute atomic E-state index is 0.287. The number of aliphatic hydroxyl groups excluding tert-OH is 3. The zero-order chi connectivity index (χ0) is 8.77. The van der Waals surface area contributed by atoms with Gasteiger partial charge in [0.2, 0.25) is 0 Å². The molecule has 2 saturated heterocycles. The second-order valence-corrected chi connectivity index (χ2v) is 3.26. The van der Waals surface area contributed by atoms with Crippen molar-refractivity contribution in [1.82, 2.24) is 0 Å². The van der Waals surface area contributed by atoms with Crippen molar-refractivity contribution in [2.24, 2.45) is 0 Å². The number of ether oxygens (including phenoxy) is 2. The third-order valence-corrected chi connectivity index (χ3v) is 2.59. The molecule has 1 unspecified atom stereocenters. The predicted molar refractivity (Wildman–Crippen MR) is 37.3 cm³/mol. The van der Waals surface area contributed by atoms with Crippen molar-refractivity contribution in [2.75, 3.05) is 13.2 Å². The van der Waals surface area contributed by atoms with Crippen LogP contribution < -0.4 is 0 Å². The Kier molecular flexibility index (Phi) is 1.85. The van der Waals surface area contributed by atoms with Crippen LogP contribution in [0.1, 0.15) is 6.42 Å². The maximum absolute atomic E-state index is 9.56. The van der Waals surface area contributed by atoms with Crippen LogP contribution in [-0.2, 0) is 9.47 Å². The fourth-order valence-electron chi connectivity index (χ4n) is 1.79. The van der Waals surface area contributed by atoms with Gasteiger partial charge in [0.05, 0.1) is 13.2 Å². The van der Waals surface area contributed by atoms with Gasteiger partial charge < -0.3 is 24.8 Å². The molecule has 70 valence electrons. The van der Waals surface area contributed by atoms with Crippen molar-refractivity contribution in [3.8, 4) is 0 Å². The fraction of sp³-hybridized carbons (Fsp3) is 1.00. The average molecular weight is 176 g/mol. The van der Waals surface area contributed by atoms with Crippen molar-refractivity contribution in [1.29, 1.82) is 0 Å². The molecule has 0 amide bonds. The molecule has 5 nitrogen and oxygen atoms in total. The molecule has 2 fully saturated rings. The molecule has 0 aromatic carbocycles. The Morgan fingerprint density at radius 3 is 2.75 bits per heavy atom. The molecule has 0 aliphatic carbocycles. The van der Waals surface area contributed by atoms with Crippen molar-refractivity contribution in [3.05, 3.63) is 0 Å². The maximum Gasteiger partial charge on any atom is 0.184 e. The van der Waals surface area contributed by atoms with E-state index in [1.165, 1.54) is 0 Å². The topological polar surface area (TPSA) is 79.2 Å². The summed E-state index contributed by atoms with van der Waals surface area (Å²) in [6.45, 7) is 0.116. The first-order valence-corrected chi connectivity index (χ1v) is 3.96. The molecule has 0 radical (unpaired) electrons. The molecular weight excluding hydrogens is 164 g/mol. The first kappa shape index (κ1) is 8.40. The smallest absolute Gasteiger partial charge is 0.184 e. The minimum Gasteiger partial charge on any atom is -0.393 e. The summed E-state index contributed by atoms with van der Waals surface area (Å²) in [5, 5.41) is 27.8. The van der Waals surface area contributed by atoms with Crippen molar-refractivity contribution < 1.29 is 24.8 Å². The first-order valence-electron chi connectivity index (χ1n) is 3.96. The summed E-state index contributed by atoms with van der Waals surface area (Å²) < 4.78 is 10.1. The van der Waals surface area contributed by atoms with E-state index in [-0.39, 0.29) is 6.61 Å². The van der Waals surface area contributed by atoms with Gasteiger partial charge in [0.1, 0.15) is 17.8 Å². The zero-order valence-corrected chi connectivity index (χ0v) is 6.51. The number of fused-ring (bicyclic) bond motifs is 2. The van der Waals surface area contributed by atoms with Gasteiger partial charge in [-0.2, -0.15) is 0 Å². The lowest BCUT2D eigenvalue weighted by molar-refractivity contribution is -0.166. The Labute approximate surface area is 69.5 Å². The predicted octanol–water partition coefficient (Wildman–Crippen LogP) is -1.78. The summed E-state index contributed by atoms with van der Waals surface area (Å²) in [4.78, 5) is 0. The summed E-state index contributed by atoms with van der Waals surface area (Å²) in [5.41, 5.74) is -0.998. The highest BCUT2D eigenvalue weighted by Gasteiger charge is 2.57. The van der Waals surface area contributed by atoms with Gasteiger partial charge in [0.15, 0.2) is 6.29 Å². The number of hydrogen-bond acceptors (Lipinski definition) is 5. The number of aliphatic hydroxyl groups is 3. The van der Waals surface area contributed by atoms with Crippen molar-refractivity contribution >= 4 is 0 Å². The van der Waals surface area contributed by atoms with Gasteiger partial charge in [-0.3, -0.25) is 0 Å². The van der Waals surface area contributed by atoms with Crippen LogP contribution in [0.2, 0.25) is 0 Å². The van der Waals surface area contributed by atoms with E-state index in [4.69, 9.17) is 14.6 Å². The van der Waals surface area contributed by atoms with Crippen LogP contribution in [0.5, 0.6) is 0 Å². The monoisotopic (exact) mass is 176 g/mol. The summed E-state index contributed by atoms with van der Waals surface area (Å²) in [6, 6.07) is 0. The van der Waals surface area contributed by atoms with Gasteiger partial charge in [-0.1, -0.05) is 0 Å². The standard InChI is InChI=1S/C7H12O5/c8-3-7-1-2-11-4(5(7)9)6(10)12-7/h4-6,8-10H,1-3H2/t4?,5-,6-,7-/m1/s1. The minimum atomic E-state index is -1.12. The van der Waals surface area contributed by atoms with Gasteiger partial charge in [-0.05, 0) is 0 Å². The Bertz CT molecular complexity index is 185. The van der Waals surface area contributed by atoms with Crippen LogP contribution in [0.3, 0.4) is 0 Å². The molecule has 2 rings (SSSR count). The maximum atomic E-state index is 9.56. The third kappa shape index (κ3) is 0.915. The first-order chi connectivity index (χ1) is 5.69. The Morgan fingerprint density at radius 2 is 2.17 bits per heavy atom. The molecule has 12 heavy (non-hydrogen) atoms. The molecule has 0 aromatic heterocycles. The quantitative estimate of drug-likeness (QED) is 0.440. The fourth-order valence-corrected chi connectivity index (χ4v) is 1.79. The molecule has 4 atom stereocenters. The largest absolute Gasteiger partial charge is 0.393 e. The second-order valence-electron chi connectivity index (χ2n) is 3.26. The van der Waals surface area contributed by atoms with Crippen LogP contribution >= 0.6 is 0 Å². The average Bonchev–Trinajstić information content (AvgIpc) is 2.23. The Hall–Kier alpha value is -0.200. The molecule has 2 heterocycles. The highest BCUT2D eigenvalue weighted by Crippen LogP contribution is 2.38. The van der Waals surface area contributed by atoms with Gasteiger partial charge in [0, 0.05) is 6.42 Å². The molecular formula is C7H12O5. The second kappa shape index (κ2) is 2.65. The summed E-state index contributed by atoms with van der Waals surface area (Å²) in [7, 11) is 0. The van der Waals surface area contributed by atoms with E-state index in [0.717, 1.165) is 0 Å². The van der Waals surface area contributed by atoms with Gasteiger partial charge in [-0.25, -0.2) is 0 Å².